The van der Waals surface area contributed by atoms with Crippen LogP contribution in [0.2, 0.25) is 0 Å². The number of β-amino-alcohol motifs (C(OH)–C–C–N with tert-alkyl or cyclic N) is 1. The van der Waals surface area contributed by atoms with Crippen LogP contribution in [0.1, 0.15) is 41.0 Å². The molecule has 1 aliphatic carbocycles. The van der Waals surface area contributed by atoms with Crippen molar-refractivity contribution >= 4 is 11.8 Å². The molecule has 1 heterocycles. The highest BCUT2D eigenvalue weighted by molar-refractivity contribution is 6.10. The van der Waals surface area contributed by atoms with Crippen LogP contribution in [0.4, 0.5) is 0 Å². The van der Waals surface area contributed by atoms with Gasteiger partial charge in [-0.15, -0.1) is 0 Å². The van der Waals surface area contributed by atoms with Gasteiger partial charge >= 0.3 is 0 Å². The molecule has 2 amide bonds. The summed E-state index contributed by atoms with van der Waals surface area (Å²) in [6, 6.07) is 0. The van der Waals surface area contributed by atoms with Crippen molar-refractivity contribution in [2.75, 3.05) is 6.54 Å². The Labute approximate surface area is 108 Å². The summed E-state index contributed by atoms with van der Waals surface area (Å²) in [5.41, 5.74) is -0.174. The Kier molecular flexibility index (Phi) is 2.85. The highest BCUT2D eigenvalue weighted by Crippen LogP contribution is 2.63. The Hall–Kier alpha value is -0.900. The number of nitrogens with zero attached hydrogens (tertiary/aromatic N) is 1. The predicted octanol–water partition coefficient (Wildman–Crippen LogP) is 1.42. The Balaban J connectivity index is 1.97. The lowest BCUT2D eigenvalue weighted by Crippen LogP contribution is -2.42. The predicted molar refractivity (Wildman–Crippen MR) is 67.6 cm³/mol. The molecule has 102 valence electrons. The fourth-order valence-corrected chi connectivity index (χ4v) is 3.17. The Morgan fingerprint density at radius 1 is 1.22 bits per heavy atom. The molecule has 18 heavy (non-hydrogen) atoms. The van der Waals surface area contributed by atoms with E-state index in [4.69, 9.17) is 0 Å². The first-order valence-electron chi connectivity index (χ1n) is 6.59. The van der Waals surface area contributed by atoms with E-state index < -0.39 is 6.10 Å². The summed E-state index contributed by atoms with van der Waals surface area (Å²) in [4.78, 5) is 25.4. The maximum atomic E-state index is 12.1. The monoisotopic (exact) mass is 253 g/mol. The topological polar surface area (TPSA) is 57.6 Å². The van der Waals surface area contributed by atoms with Gasteiger partial charge in [-0.1, -0.05) is 34.6 Å². The van der Waals surface area contributed by atoms with Crippen molar-refractivity contribution in [1.29, 1.82) is 0 Å². The van der Waals surface area contributed by atoms with Crippen LogP contribution >= 0.6 is 0 Å². The average molecular weight is 253 g/mol. The second-order valence-electron chi connectivity index (χ2n) is 7.48. The number of hydrogen-bond donors (Lipinski definition) is 1. The molecular weight excluding hydrogens is 230 g/mol. The van der Waals surface area contributed by atoms with E-state index in [1.807, 2.05) is 34.6 Å². The van der Waals surface area contributed by atoms with E-state index in [2.05, 4.69) is 0 Å². The molecule has 1 saturated heterocycles. The van der Waals surface area contributed by atoms with E-state index in [0.717, 1.165) is 0 Å². The number of carbonyl (C=O) groups is 2. The number of amides is 2. The van der Waals surface area contributed by atoms with Crippen LogP contribution < -0.4 is 0 Å². The first-order chi connectivity index (χ1) is 8.05. The van der Waals surface area contributed by atoms with E-state index in [-0.39, 0.29) is 41.0 Å². The van der Waals surface area contributed by atoms with Crippen molar-refractivity contribution in [3.63, 3.8) is 0 Å². The normalized spacial score (nSPS) is 31.6. The fraction of sp³-hybridized carbons (Fsp3) is 0.857. The molecule has 3 unspecified atom stereocenters. The van der Waals surface area contributed by atoms with Crippen molar-refractivity contribution in [2.45, 2.75) is 47.1 Å². The summed E-state index contributed by atoms with van der Waals surface area (Å²) in [7, 11) is 0. The van der Waals surface area contributed by atoms with E-state index in [0.29, 0.717) is 6.42 Å². The van der Waals surface area contributed by atoms with Crippen LogP contribution in [0.3, 0.4) is 0 Å². The van der Waals surface area contributed by atoms with Gasteiger partial charge in [-0.3, -0.25) is 14.5 Å². The number of carbonyl (C=O) groups excluding carboxylic acids is 2. The molecule has 0 radical (unpaired) electrons. The molecule has 1 saturated carbocycles. The second kappa shape index (κ2) is 3.80. The highest BCUT2D eigenvalue weighted by atomic mass is 16.3. The number of fused-ring (bicyclic) bond motifs is 1. The summed E-state index contributed by atoms with van der Waals surface area (Å²) in [6.45, 7) is 10.2. The Morgan fingerprint density at radius 2 is 1.67 bits per heavy atom. The standard InChI is InChI=1S/C14H23NO3/c1-13(2,3)6-8(16)7-15-11(17)9-10(12(15)18)14(9,4)5/h8-10,16H,6-7H2,1-5H3. The highest BCUT2D eigenvalue weighted by Gasteiger charge is 2.72. The quantitative estimate of drug-likeness (QED) is 0.774. The van der Waals surface area contributed by atoms with Gasteiger partial charge in [0.2, 0.25) is 11.8 Å². The van der Waals surface area contributed by atoms with Crippen molar-refractivity contribution in [2.24, 2.45) is 22.7 Å². The van der Waals surface area contributed by atoms with Crippen molar-refractivity contribution < 1.29 is 14.7 Å². The lowest BCUT2D eigenvalue weighted by Gasteiger charge is -2.27. The first-order valence-corrected chi connectivity index (χ1v) is 6.59. The molecule has 3 atom stereocenters. The van der Waals surface area contributed by atoms with Gasteiger partial charge in [-0.05, 0) is 17.3 Å². The molecule has 4 heteroatoms. The molecule has 2 rings (SSSR count). The smallest absolute Gasteiger partial charge is 0.233 e. The molecular formula is C14H23NO3. The van der Waals surface area contributed by atoms with Crippen LogP contribution in [-0.2, 0) is 9.59 Å². The summed E-state index contributed by atoms with van der Waals surface area (Å²) in [5, 5.41) is 9.97. The fourth-order valence-electron chi connectivity index (χ4n) is 3.17. The maximum absolute atomic E-state index is 12.1. The third-order valence-electron chi connectivity index (χ3n) is 4.13. The van der Waals surface area contributed by atoms with Gasteiger partial charge in [0.05, 0.1) is 24.5 Å². The number of hydrogen-bond acceptors (Lipinski definition) is 3. The number of likely N-dealkylation sites (tertiary alicyclic amines) is 1. The molecule has 0 aromatic rings. The van der Waals surface area contributed by atoms with Crippen molar-refractivity contribution in [3.8, 4) is 0 Å². The van der Waals surface area contributed by atoms with E-state index >= 15 is 0 Å². The molecule has 0 aromatic carbocycles. The molecule has 1 N–H and O–H groups in total. The van der Waals surface area contributed by atoms with Crippen LogP contribution in [-0.4, -0.2) is 34.5 Å². The van der Waals surface area contributed by atoms with E-state index in [1.165, 1.54) is 4.90 Å². The zero-order valence-electron chi connectivity index (χ0n) is 11.9. The molecule has 0 spiro atoms. The molecule has 2 fully saturated rings. The van der Waals surface area contributed by atoms with Gasteiger partial charge in [0, 0.05) is 0 Å². The minimum absolute atomic E-state index is 0.00652. The number of aliphatic hydroxyl groups is 1. The third kappa shape index (κ3) is 2.07. The number of imide groups is 1. The van der Waals surface area contributed by atoms with Gasteiger partial charge in [-0.25, -0.2) is 0 Å². The molecule has 1 aliphatic heterocycles. The van der Waals surface area contributed by atoms with Crippen LogP contribution in [0, 0.1) is 22.7 Å². The van der Waals surface area contributed by atoms with Crippen LogP contribution in [0.15, 0.2) is 0 Å². The first kappa shape index (κ1) is 13.5. The van der Waals surface area contributed by atoms with Gasteiger partial charge in [0.25, 0.3) is 0 Å². The summed E-state index contributed by atoms with van der Waals surface area (Å²) in [5.74, 6) is -0.482. The van der Waals surface area contributed by atoms with E-state index in [9.17, 15) is 14.7 Å². The zero-order chi connectivity index (χ0) is 13.9. The van der Waals surface area contributed by atoms with Gasteiger partial charge < -0.3 is 5.11 Å². The van der Waals surface area contributed by atoms with Crippen LogP contribution in [0.25, 0.3) is 0 Å². The largest absolute Gasteiger partial charge is 0.391 e. The van der Waals surface area contributed by atoms with Gasteiger partial charge in [0.1, 0.15) is 0 Å². The van der Waals surface area contributed by atoms with Gasteiger partial charge in [-0.2, -0.15) is 0 Å². The molecule has 4 nitrogen and oxygen atoms in total. The maximum Gasteiger partial charge on any atom is 0.233 e. The number of piperidine rings is 1. The zero-order valence-corrected chi connectivity index (χ0v) is 11.9. The summed E-state index contributed by atoms with van der Waals surface area (Å²) >= 11 is 0. The Morgan fingerprint density at radius 3 is 2.06 bits per heavy atom. The molecule has 0 bridgehead atoms. The summed E-state index contributed by atoms with van der Waals surface area (Å²) < 4.78 is 0. The van der Waals surface area contributed by atoms with Gasteiger partial charge in [0.15, 0.2) is 0 Å². The van der Waals surface area contributed by atoms with Crippen molar-refractivity contribution in [3.05, 3.63) is 0 Å². The van der Waals surface area contributed by atoms with Crippen molar-refractivity contribution in [1.82, 2.24) is 4.90 Å². The number of rotatable bonds is 3. The minimum atomic E-state index is -0.626. The lowest BCUT2D eigenvalue weighted by molar-refractivity contribution is -0.145. The molecule has 2 aliphatic rings. The Bertz CT molecular complexity index is 370. The summed E-state index contributed by atoms with van der Waals surface area (Å²) in [6.07, 6.45) is -0.0403. The molecule has 0 aromatic heterocycles. The third-order valence-corrected chi connectivity index (χ3v) is 4.13. The minimum Gasteiger partial charge on any atom is -0.391 e. The SMILES string of the molecule is CC(C)(C)CC(O)CN1C(=O)C2C(C1=O)C2(C)C. The average Bonchev–Trinajstić information content (AvgIpc) is 2.62. The lowest BCUT2D eigenvalue weighted by atomic mass is 9.89. The van der Waals surface area contributed by atoms with E-state index in [1.54, 1.807) is 0 Å². The second-order valence-corrected chi connectivity index (χ2v) is 7.48. The number of aliphatic hydroxyl groups excluding tert-OH is 1. The van der Waals surface area contributed by atoms with Crippen LogP contribution in [0.5, 0.6) is 0 Å².